The zero-order chi connectivity index (χ0) is 20.9. The molecule has 3 aromatic carbocycles. The van der Waals surface area contributed by atoms with Crippen LogP contribution in [0.2, 0.25) is 0 Å². The normalized spacial score (nSPS) is 10.5. The molecule has 0 bridgehead atoms. The molecule has 1 heterocycles. The van der Waals surface area contributed by atoms with Gasteiger partial charge in [-0.25, -0.2) is 9.97 Å². The smallest absolute Gasteiger partial charge is 0.255 e. The third-order valence-corrected chi connectivity index (χ3v) is 4.51. The Bertz CT molecular complexity index is 1170. The molecule has 0 atom stereocenters. The average Bonchev–Trinajstić information content (AvgIpc) is 2.74. The molecule has 1 aromatic heterocycles. The lowest BCUT2D eigenvalue weighted by Crippen LogP contribution is -2.12. The van der Waals surface area contributed by atoms with Gasteiger partial charge in [0.05, 0.1) is 5.69 Å². The summed E-state index contributed by atoms with van der Waals surface area (Å²) in [6, 6.07) is 24.5. The molecular weight excluding hydrogens is 374 g/mol. The maximum absolute atomic E-state index is 12.8. The molecule has 4 aromatic rings. The molecule has 0 fully saturated rings. The van der Waals surface area contributed by atoms with E-state index in [1.165, 1.54) is 6.33 Å². The first-order valence-electron chi connectivity index (χ1n) is 9.62. The van der Waals surface area contributed by atoms with Crippen molar-refractivity contribution in [2.24, 2.45) is 0 Å². The number of nitrogens with zero attached hydrogens (tertiary/aromatic N) is 2. The molecule has 0 saturated heterocycles. The number of anilines is 1. The lowest BCUT2D eigenvalue weighted by Gasteiger charge is -2.09. The van der Waals surface area contributed by atoms with Gasteiger partial charge in [0.25, 0.3) is 5.91 Å². The van der Waals surface area contributed by atoms with Crippen molar-refractivity contribution in [3.63, 3.8) is 0 Å². The third-order valence-electron chi connectivity index (χ3n) is 4.51. The predicted molar refractivity (Wildman–Crippen MR) is 118 cm³/mol. The second kappa shape index (κ2) is 8.57. The summed E-state index contributed by atoms with van der Waals surface area (Å²) in [6.45, 7) is 4.01. The average molecular weight is 395 g/mol. The van der Waals surface area contributed by atoms with Gasteiger partial charge in [0.1, 0.15) is 12.1 Å². The van der Waals surface area contributed by atoms with Crippen LogP contribution in [-0.4, -0.2) is 15.9 Å². The van der Waals surface area contributed by atoms with E-state index in [0.29, 0.717) is 22.9 Å². The Kier molecular flexibility index (Phi) is 5.52. The number of rotatable bonds is 5. The first kappa shape index (κ1) is 19.3. The van der Waals surface area contributed by atoms with E-state index in [1.54, 1.807) is 12.1 Å². The van der Waals surface area contributed by atoms with Crippen LogP contribution in [0.5, 0.6) is 11.6 Å². The minimum Gasteiger partial charge on any atom is -0.439 e. The van der Waals surface area contributed by atoms with Gasteiger partial charge in [0.15, 0.2) is 0 Å². The molecule has 0 saturated carbocycles. The van der Waals surface area contributed by atoms with E-state index in [-0.39, 0.29) is 5.91 Å². The SMILES string of the molecule is Cc1cc(C)cc(NC(=O)c2cccc(-c3cc(Oc4ccccc4)ncn3)c2)c1. The monoisotopic (exact) mass is 395 g/mol. The van der Waals surface area contributed by atoms with Crippen LogP contribution >= 0.6 is 0 Å². The zero-order valence-corrected chi connectivity index (χ0v) is 16.8. The molecule has 1 N–H and O–H groups in total. The number of hydrogen-bond donors (Lipinski definition) is 1. The Morgan fingerprint density at radius 2 is 1.60 bits per heavy atom. The zero-order valence-electron chi connectivity index (χ0n) is 16.8. The van der Waals surface area contributed by atoms with Crippen molar-refractivity contribution >= 4 is 11.6 Å². The van der Waals surface area contributed by atoms with Crippen molar-refractivity contribution in [2.45, 2.75) is 13.8 Å². The Labute approximate surface area is 175 Å². The highest BCUT2D eigenvalue weighted by atomic mass is 16.5. The summed E-state index contributed by atoms with van der Waals surface area (Å²) in [6.07, 6.45) is 1.45. The van der Waals surface area contributed by atoms with Crippen molar-refractivity contribution in [3.05, 3.63) is 102 Å². The van der Waals surface area contributed by atoms with Gasteiger partial charge < -0.3 is 10.1 Å². The molecule has 0 unspecified atom stereocenters. The van der Waals surface area contributed by atoms with Gasteiger partial charge in [-0.1, -0.05) is 36.4 Å². The molecule has 1 amide bonds. The molecule has 0 aliphatic rings. The van der Waals surface area contributed by atoms with Gasteiger partial charge in [0, 0.05) is 22.9 Å². The molecule has 148 valence electrons. The van der Waals surface area contributed by atoms with Crippen molar-refractivity contribution in [3.8, 4) is 22.9 Å². The Balaban J connectivity index is 1.56. The predicted octanol–water partition coefficient (Wildman–Crippen LogP) is 5.81. The minimum absolute atomic E-state index is 0.170. The fraction of sp³-hybridized carbons (Fsp3) is 0.0800. The quantitative estimate of drug-likeness (QED) is 0.463. The van der Waals surface area contributed by atoms with Crippen LogP contribution in [0, 0.1) is 13.8 Å². The second-order valence-corrected chi connectivity index (χ2v) is 7.07. The first-order chi connectivity index (χ1) is 14.6. The molecule has 5 heteroatoms. The number of amides is 1. The van der Waals surface area contributed by atoms with Gasteiger partial charge in [-0.2, -0.15) is 0 Å². The summed E-state index contributed by atoms with van der Waals surface area (Å²) >= 11 is 0. The van der Waals surface area contributed by atoms with Gasteiger partial charge in [-0.3, -0.25) is 4.79 Å². The van der Waals surface area contributed by atoms with Crippen molar-refractivity contribution < 1.29 is 9.53 Å². The van der Waals surface area contributed by atoms with E-state index < -0.39 is 0 Å². The van der Waals surface area contributed by atoms with Crippen LogP contribution in [-0.2, 0) is 0 Å². The van der Waals surface area contributed by atoms with E-state index >= 15 is 0 Å². The number of ether oxygens (including phenoxy) is 1. The number of hydrogen-bond acceptors (Lipinski definition) is 4. The Hall–Kier alpha value is -3.99. The summed E-state index contributed by atoms with van der Waals surface area (Å²) in [5, 5.41) is 2.97. The fourth-order valence-corrected chi connectivity index (χ4v) is 3.23. The number of nitrogens with one attached hydrogen (secondary N) is 1. The standard InChI is InChI=1S/C25H21N3O2/c1-17-11-18(2)13-21(12-17)28-25(29)20-8-6-7-19(14-20)23-15-24(27-16-26-23)30-22-9-4-3-5-10-22/h3-16H,1-2H3,(H,28,29). The summed E-state index contributed by atoms with van der Waals surface area (Å²) in [5.41, 5.74) is 5.02. The highest BCUT2D eigenvalue weighted by Gasteiger charge is 2.10. The maximum atomic E-state index is 12.8. The van der Waals surface area contributed by atoms with E-state index in [0.717, 1.165) is 22.4 Å². The van der Waals surface area contributed by atoms with Crippen LogP contribution in [0.1, 0.15) is 21.5 Å². The first-order valence-corrected chi connectivity index (χ1v) is 9.62. The van der Waals surface area contributed by atoms with Crippen LogP contribution in [0.4, 0.5) is 5.69 Å². The Morgan fingerprint density at radius 3 is 2.37 bits per heavy atom. The van der Waals surface area contributed by atoms with Crippen molar-refractivity contribution in [2.75, 3.05) is 5.32 Å². The minimum atomic E-state index is -0.170. The molecule has 30 heavy (non-hydrogen) atoms. The molecule has 0 radical (unpaired) electrons. The highest BCUT2D eigenvalue weighted by Crippen LogP contribution is 2.24. The molecule has 0 aliphatic carbocycles. The highest BCUT2D eigenvalue weighted by molar-refractivity contribution is 6.05. The van der Waals surface area contributed by atoms with Gasteiger partial charge in [-0.05, 0) is 61.4 Å². The van der Waals surface area contributed by atoms with E-state index in [1.807, 2.05) is 74.5 Å². The largest absolute Gasteiger partial charge is 0.439 e. The number of carbonyl (C=O) groups is 1. The number of carbonyl (C=O) groups excluding carboxylic acids is 1. The summed E-state index contributed by atoms with van der Waals surface area (Å²) in [5.74, 6) is 0.969. The van der Waals surface area contributed by atoms with Gasteiger partial charge in [-0.15, -0.1) is 0 Å². The number of benzene rings is 3. The summed E-state index contributed by atoms with van der Waals surface area (Å²) in [4.78, 5) is 21.3. The van der Waals surface area contributed by atoms with E-state index in [9.17, 15) is 4.79 Å². The molecule has 4 rings (SSSR count). The van der Waals surface area contributed by atoms with Crippen molar-refractivity contribution in [1.82, 2.24) is 9.97 Å². The lowest BCUT2D eigenvalue weighted by atomic mass is 10.1. The van der Waals surface area contributed by atoms with Gasteiger partial charge >= 0.3 is 0 Å². The number of aryl methyl sites for hydroxylation is 2. The third kappa shape index (κ3) is 4.70. The van der Waals surface area contributed by atoms with Crippen LogP contribution in [0.3, 0.4) is 0 Å². The number of aromatic nitrogens is 2. The van der Waals surface area contributed by atoms with Crippen LogP contribution < -0.4 is 10.1 Å². The van der Waals surface area contributed by atoms with E-state index in [2.05, 4.69) is 21.4 Å². The van der Waals surface area contributed by atoms with Crippen LogP contribution in [0.25, 0.3) is 11.3 Å². The summed E-state index contributed by atoms with van der Waals surface area (Å²) < 4.78 is 5.79. The maximum Gasteiger partial charge on any atom is 0.255 e. The number of para-hydroxylation sites is 1. The van der Waals surface area contributed by atoms with Crippen molar-refractivity contribution in [1.29, 1.82) is 0 Å². The lowest BCUT2D eigenvalue weighted by molar-refractivity contribution is 0.102. The topological polar surface area (TPSA) is 64.1 Å². The van der Waals surface area contributed by atoms with E-state index in [4.69, 9.17) is 4.74 Å². The molecule has 0 spiro atoms. The Morgan fingerprint density at radius 1 is 0.833 bits per heavy atom. The molecule has 5 nitrogen and oxygen atoms in total. The fourth-order valence-electron chi connectivity index (χ4n) is 3.23. The van der Waals surface area contributed by atoms with Gasteiger partial charge in [0.2, 0.25) is 5.88 Å². The van der Waals surface area contributed by atoms with Crippen LogP contribution in [0.15, 0.2) is 85.2 Å². The summed E-state index contributed by atoms with van der Waals surface area (Å²) in [7, 11) is 0. The molecule has 0 aliphatic heterocycles. The second-order valence-electron chi connectivity index (χ2n) is 7.07. The molecular formula is C25H21N3O2.